The van der Waals surface area contributed by atoms with E-state index in [-0.39, 0.29) is 18.6 Å². The number of aliphatic hydroxyl groups is 1. The molecule has 0 bridgehead atoms. The number of carbonyl (C=O) groups excluding carboxylic acids is 1. The number of ether oxygens (including phenoxy) is 1. The highest BCUT2D eigenvalue weighted by molar-refractivity contribution is 5.91. The summed E-state index contributed by atoms with van der Waals surface area (Å²) < 4.78 is 6.72. The molecule has 2 aliphatic heterocycles. The molecule has 0 saturated heterocycles. The van der Waals surface area contributed by atoms with Gasteiger partial charge in [0.1, 0.15) is 6.61 Å². The molecule has 9 heteroatoms. The second kappa shape index (κ2) is 7.25. The van der Waals surface area contributed by atoms with Gasteiger partial charge in [0.05, 0.1) is 35.2 Å². The zero-order valence-corrected chi connectivity index (χ0v) is 17.7. The van der Waals surface area contributed by atoms with Crippen molar-refractivity contribution in [1.82, 2.24) is 9.55 Å². The number of esters is 1. The van der Waals surface area contributed by atoms with Crippen LogP contribution in [0.2, 0.25) is 0 Å². The molecule has 1 unspecified atom stereocenters. The van der Waals surface area contributed by atoms with Crippen molar-refractivity contribution in [3.63, 3.8) is 0 Å². The molecule has 2 aliphatic rings. The van der Waals surface area contributed by atoms with Crippen LogP contribution in [0, 0.1) is 0 Å². The van der Waals surface area contributed by atoms with E-state index in [0.717, 1.165) is 22.0 Å². The molecule has 4 heterocycles. The maximum atomic E-state index is 13.2. The van der Waals surface area contributed by atoms with Crippen LogP contribution in [0.1, 0.15) is 42.5 Å². The van der Waals surface area contributed by atoms with Gasteiger partial charge in [-0.05, 0) is 43.2 Å². The fourth-order valence-electron chi connectivity index (χ4n) is 4.27. The van der Waals surface area contributed by atoms with E-state index in [4.69, 9.17) is 20.3 Å². The normalized spacial score (nSPS) is 20.1. The lowest BCUT2D eigenvalue weighted by Crippen LogP contribution is -2.44. The van der Waals surface area contributed by atoms with Crippen LogP contribution in [0.15, 0.2) is 40.3 Å². The summed E-state index contributed by atoms with van der Waals surface area (Å²) in [5.74, 6) is -0.733. The Balaban J connectivity index is 1.62. The van der Waals surface area contributed by atoms with Gasteiger partial charge in [0.15, 0.2) is 11.8 Å². The zero-order valence-electron chi connectivity index (χ0n) is 17.7. The lowest BCUT2D eigenvalue weighted by molar-refractivity contribution is -0.172. The Labute approximate surface area is 183 Å². The van der Waals surface area contributed by atoms with Crippen LogP contribution < -0.4 is 11.3 Å². The highest BCUT2D eigenvalue weighted by atomic mass is 16.6. The molecule has 0 radical (unpaired) electrons. The first-order valence-electron chi connectivity index (χ1n) is 10.4. The van der Waals surface area contributed by atoms with Gasteiger partial charge < -0.3 is 19.2 Å². The molecule has 0 amide bonds. The van der Waals surface area contributed by atoms with E-state index in [2.05, 4.69) is 5.16 Å². The van der Waals surface area contributed by atoms with Crippen LogP contribution in [0.4, 0.5) is 0 Å². The first kappa shape index (κ1) is 20.3. The fraction of sp³-hybridized carbons (Fsp3) is 0.304. The second-order valence-electron chi connectivity index (χ2n) is 8.10. The number of rotatable bonds is 4. The number of aromatic nitrogens is 2. The van der Waals surface area contributed by atoms with Crippen molar-refractivity contribution in [3.8, 4) is 11.4 Å². The van der Waals surface area contributed by atoms with Crippen molar-refractivity contribution in [2.24, 2.45) is 10.9 Å². The van der Waals surface area contributed by atoms with Gasteiger partial charge in [0.25, 0.3) is 5.56 Å². The van der Waals surface area contributed by atoms with E-state index in [0.29, 0.717) is 29.1 Å². The minimum atomic E-state index is -1.83. The second-order valence-corrected chi connectivity index (χ2v) is 8.10. The third kappa shape index (κ3) is 3.01. The number of hydrogen-bond acceptors (Lipinski definition) is 8. The van der Waals surface area contributed by atoms with E-state index in [9.17, 15) is 14.7 Å². The van der Waals surface area contributed by atoms with Gasteiger partial charge in [-0.3, -0.25) is 10.5 Å². The zero-order chi connectivity index (χ0) is 22.6. The summed E-state index contributed by atoms with van der Waals surface area (Å²) in [6, 6.07) is 9.34. The molecule has 9 nitrogen and oxygen atoms in total. The Morgan fingerprint density at radius 3 is 2.94 bits per heavy atom. The molecule has 164 valence electrons. The van der Waals surface area contributed by atoms with Crippen molar-refractivity contribution < 1.29 is 19.5 Å². The molecule has 1 aromatic carbocycles. The quantitative estimate of drug-likeness (QED) is 0.217. The van der Waals surface area contributed by atoms with E-state index in [1.54, 1.807) is 30.7 Å². The molecule has 3 N–H and O–H groups in total. The average molecular weight is 434 g/mol. The predicted octanol–water partition coefficient (Wildman–Crippen LogP) is 1.73. The maximum Gasteiger partial charge on any atom is 0.343 e. The average Bonchev–Trinajstić information content (AvgIpc) is 3.12. The molecule has 2 atom stereocenters. The Morgan fingerprint density at radius 1 is 1.38 bits per heavy atom. The third-order valence-corrected chi connectivity index (χ3v) is 5.96. The van der Waals surface area contributed by atoms with Gasteiger partial charge >= 0.3 is 5.97 Å². The van der Waals surface area contributed by atoms with Crippen molar-refractivity contribution in [2.75, 3.05) is 0 Å². The van der Waals surface area contributed by atoms with Gasteiger partial charge in [-0.15, -0.1) is 0 Å². The minimum Gasteiger partial charge on any atom is -0.458 e. The van der Waals surface area contributed by atoms with Crippen molar-refractivity contribution in [1.29, 1.82) is 0 Å². The number of oxime groups is 1. The summed E-state index contributed by atoms with van der Waals surface area (Å²) in [5.41, 5.74) is 7.73. The standard InChI is InChI=1S/C23H22N4O5/c1-3-23(30)17-8-19-20-15(10-27(19)21(28)16(17)11-31-22(23)29)7-14-6-13(4-5-18(14)26-20)9-25-32-12(2)24/h4-9,12,30H,3,10-11,24H2,1-2H3/b25-9+/t12?,23-/m0/s1. The molecule has 0 fully saturated rings. The SMILES string of the molecule is CC[C@@]1(O)C(=O)OCc2c1cc1n(c2=O)Cc2cc3cc(/C=N/OC(C)N)ccc3nc2-1. The molecule has 32 heavy (non-hydrogen) atoms. The van der Waals surface area contributed by atoms with Crippen LogP contribution >= 0.6 is 0 Å². The van der Waals surface area contributed by atoms with Crippen LogP contribution in [0.25, 0.3) is 22.3 Å². The Bertz CT molecular complexity index is 1360. The number of pyridine rings is 2. The van der Waals surface area contributed by atoms with Gasteiger partial charge in [-0.25, -0.2) is 9.78 Å². The van der Waals surface area contributed by atoms with Crippen LogP contribution in [0.5, 0.6) is 0 Å². The molecule has 5 rings (SSSR count). The topological polar surface area (TPSA) is 129 Å². The number of cyclic esters (lactones) is 1. The largest absolute Gasteiger partial charge is 0.458 e. The summed E-state index contributed by atoms with van der Waals surface area (Å²) >= 11 is 0. The van der Waals surface area contributed by atoms with Gasteiger partial charge in [-0.1, -0.05) is 18.1 Å². The first-order chi connectivity index (χ1) is 15.3. The van der Waals surface area contributed by atoms with Crippen molar-refractivity contribution >= 4 is 23.1 Å². The minimum absolute atomic E-state index is 0.108. The highest BCUT2D eigenvalue weighted by Crippen LogP contribution is 2.38. The summed E-state index contributed by atoms with van der Waals surface area (Å²) in [7, 11) is 0. The monoisotopic (exact) mass is 434 g/mol. The van der Waals surface area contributed by atoms with E-state index < -0.39 is 17.8 Å². The summed E-state index contributed by atoms with van der Waals surface area (Å²) in [5, 5.41) is 15.7. The van der Waals surface area contributed by atoms with Gasteiger partial charge in [0.2, 0.25) is 0 Å². The van der Waals surface area contributed by atoms with E-state index in [1.165, 1.54) is 0 Å². The highest BCUT2D eigenvalue weighted by Gasteiger charge is 2.45. The first-order valence-corrected chi connectivity index (χ1v) is 10.4. The number of carbonyl (C=O) groups is 1. The number of nitrogens with two attached hydrogens (primary N) is 1. The molecule has 3 aromatic rings. The van der Waals surface area contributed by atoms with E-state index >= 15 is 0 Å². The van der Waals surface area contributed by atoms with Crippen LogP contribution in [0.3, 0.4) is 0 Å². The van der Waals surface area contributed by atoms with Gasteiger partial charge in [-0.2, -0.15) is 0 Å². The molecule has 0 saturated carbocycles. The Morgan fingerprint density at radius 2 is 2.19 bits per heavy atom. The summed E-state index contributed by atoms with van der Waals surface area (Å²) in [6.07, 6.45) is 1.19. The molecular weight excluding hydrogens is 412 g/mol. The third-order valence-electron chi connectivity index (χ3n) is 5.96. The van der Waals surface area contributed by atoms with Crippen LogP contribution in [-0.4, -0.2) is 33.1 Å². The summed E-state index contributed by atoms with van der Waals surface area (Å²) in [4.78, 5) is 35.2. The number of benzene rings is 1. The maximum absolute atomic E-state index is 13.2. The Kier molecular flexibility index (Phi) is 4.61. The molecule has 0 spiro atoms. The number of nitrogens with zero attached hydrogens (tertiary/aromatic N) is 3. The lowest BCUT2D eigenvalue weighted by atomic mass is 9.86. The fourth-order valence-corrected chi connectivity index (χ4v) is 4.27. The summed E-state index contributed by atoms with van der Waals surface area (Å²) in [6.45, 7) is 3.57. The predicted molar refractivity (Wildman–Crippen MR) is 117 cm³/mol. The number of hydrogen-bond donors (Lipinski definition) is 2. The Hall–Kier alpha value is -3.56. The number of fused-ring (bicyclic) bond motifs is 5. The molecular formula is C23H22N4O5. The van der Waals surface area contributed by atoms with Crippen molar-refractivity contribution in [3.05, 3.63) is 62.9 Å². The van der Waals surface area contributed by atoms with Crippen LogP contribution in [-0.2, 0) is 33.1 Å². The van der Waals surface area contributed by atoms with Gasteiger partial charge in [0, 0.05) is 16.5 Å². The lowest BCUT2D eigenvalue weighted by Gasteiger charge is -2.31. The molecule has 0 aliphatic carbocycles. The van der Waals surface area contributed by atoms with Crippen molar-refractivity contribution in [2.45, 2.75) is 45.2 Å². The smallest absolute Gasteiger partial charge is 0.343 e. The molecule has 2 aromatic heterocycles. The van der Waals surface area contributed by atoms with E-state index in [1.807, 2.05) is 24.3 Å².